The lowest BCUT2D eigenvalue weighted by molar-refractivity contribution is 0.136. The minimum Gasteiger partial charge on any atom is -0.387 e. The fraction of sp³-hybridized carbons (Fsp3) is 0.615. The molecule has 0 saturated carbocycles. The Kier molecular flexibility index (Phi) is 4.72. The molecule has 0 radical (unpaired) electrons. The van der Waals surface area contributed by atoms with E-state index in [1.54, 1.807) is 0 Å². The zero-order valence-corrected chi connectivity index (χ0v) is 12.2. The van der Waals surface area contributed by atoms with Crippen molar-refractivity contribution in [3.05, 3.63) is 29.8 Å². The molecule has 2 rings (SSSR count). The molecular formula is C13H19FN2O3S. The Morgan fingerprint density at radius 1 is 1.55 bits per heavy atom. The van der Waals surface area contributed by atoms with Gasteiger partial charge in [0.15, 0.2) is 9.84 Å². The van der Waals surface area contributed by atoms with E-state index in [1.165, 1.54) is 12.1 Å². The number of hydrogen-bond donors (Lipinski definition) is 1. The maximum Gasteiger partial charge on any atom is 0.151 e. The molecule has 1 N–H and O–H groups in total. The summed E-state index contributed by atoms with van der Waals surface area (Å²) in [7, 11) is -1.04. The Morgan fingerprint density at radius 2 is 2.30 bits per heavy atom. The Hall–Kier alpha value is -1.05. The smallest absolute Gasteiger partial charge is 0.151 e. The number of aliphatic hydroxyl groups is 1. The van der Waals surface area contributed by atoms with Crippen molar-refractivity contribution in [2.24, 2.45) is 0 Å². The maximum absolute atomic E-state index is 12.7. The van der Waals surface area contributed by atoms with E-state index < -0.39 is 21.8 Å². The van der Waals surface area contributed by atoms with Crippen molar-refractivity contribution in [3.63, 3.8) is 0 Å². The molecule has 1 saturated heterocycles. The lowest BCUT2D eigenvalue weighted by atomic mass is 10.1. The fourth-order valence-corrected chi connectivity index (χ4v) is 4.17. The Balaban J connectivity index is 1.84. The molecule has 0 aliphatic carbocycles. The third-order valence-electron chi connectivity index (χ3n) is 3.68. The van der Waals surface area contributed by atoms with E-state index in [0.29, 0.717) is 25.1 Å². The highest BCUT2D eigenvalue weighted by Crippen LogP contribution is 2.19. The zero-order valence-electron chi connectivity index (χ0n) is 11.4. The predicted molar refractivity (Wildman–Crippen MR) is 73.5 cm³/mol. The second-order valence-corrected chi connectivity index (χ2v) is 7.47. The zero-order chi connectivity index (χ0) is 14.8. The van der Waals surface area contributed by atoms with Crippen molar-refractivity contribution in [1.82, 2.24) is 9.88 Å². The van der Waals surface area contributed by atoms with Gasteiger partial charge in [-0.3, -0.25) is 4.98 Å². The molecule has 2 unspecified atom stereocenters. The largest absolute Gasteiger partial charge is 0.387 e. The van der Waals surface area contributed by atoms with E-state index in [1.807, 2.05) is 11.9 Å². The molecule has 0 amide bonds. The molecule has 1 aromatic heterocycles. The highest BCUT2D eigenvalue weighted by molar-refractivity contribution is 7.91. The quantitative estimate of drug-likeness (QED) is 0.869. The van der Waals surface area contributed by atoms with Crippen LogP contribution >= 0.6 is 0 Å². The minimum atomic E-state index is -2.89. The molecule has 1 fully saturated rings. The Bertz CT molecular complexity index is 547. The molecule has 5 nitrogen and oxygen atoms in total. The van der Waals surface area contributed by atoms with Crippen molar-refractivity contribution in [2.75, 3.05) is 25.1 Å². The molecule has 2 atom stereocenters. The number of sulfone groups is 1. The van der Waals surface area contributed by atoms with Crippen LogP contribution < -0.4 is 0 Å². The van der Waals surface area contributed by atoms with Crippen LogP contribution in [0.3, 0.4) is 0 Å². The first kappa shape index (κ1) is 15.3. The molecule has 2 heterocycles. The summed E-state index contributed by atoms with van der Waals surface area (Å²) in [6.45, 7) is 0.570. The van der Waals surface area contributed by atoms with Gasteiger partial charge < -0.3 is 10.0 Å². The van der Waals surface area contributed by atoms with Crippen molar-refractivity contribution in [2.45, 2.75) is 25.0 Å². The van der Waals surface area contributed by atoms with Crippen LogP contribution in [0.4, 0.5) is 4.39 Å². The SMILES string of the molecule is CN(CCC(O)c1ccc(F)cn1)C1CCS(=O)(=O)C1. The molecule has 112 valence electrons. The average molecular weight is 302 g/mol. The topological polar surface area (TPSA) is 70.5 Å². The van der Waals surface area contributed by atoms with Gasteiger partial charge >= 0.3 is 0 Å². The van der Waals surface area contributed by atoms with Crippen LogP contribution in [-0.2, 0) is 9.84 Å². The summed E-state index contributed by atoms with van der Waals surface area (Å²) in [4.78, 5) is 5.79. The summed E-state index contributed by atoms with van der Waals surface area (Å²) in [5.41, 5.74) is 0.429. The van der Waals surface area contributed by atoms with Crippen LogP contribution in [-0.4, -0.2) is 54.5 Å². The summed E-state index contributed by atoms with van der Waals surface area (Å²) < 4.78 is 35.6. The van der Waals surface area contributed by atoms with Gasteiger partial charge in [-0.25, -0.2) is 12.8 Å². The van der Waals surface area contributed by atoms with Gasteiger partial charge in [0.05, 0.1) is 29.5 Å². The first-order chi connectivity index (χ1) is 9.37. The number of aromatic nitrogens is 1. The van der Waals surface area contributed by atoms with Gasteiger partial charge in [-0.15, -0.1) is 0 Å². The number of aliphatic hydroxyl groups excluding tert-OH is 1. The Labute approximate surface area is 118 Å². The highest BCUT2D eigenvalue weighted by atomic mass is 32.2. The van der Waals surface area contributed by atoms with E-state index in [2.05, 4.69) is 4.98 Å². The van der Waals surface area contributed by atoms with E-state index in [4.69, 9.17) is 0 Å². The number of halogens is 1. The van der Waals surface area contributed by atoms with Crippen LogP contribution in [0.2, 0.25) is 0 Å². The van der Waals surface area contributed by atoms with Crippen LogP contribution in [0.15, 0.2) is 18.3 Å². The summed E-state index contributed by atoms with van der Waals surface area (Å²) >= 11 is 0. The van der Waals surface area contributed by atoms with Gasteiger partial charge in [0.25, 0.3) is 0 Å². The molecular weight excluding hydrogens is 283 g/mol. The van der Waals surface area contributed by atoms with E-state index in [9.17, 15) is 17.9 Å². The van der Waals surface area contributed by atoms with Gasteiger partial charge in [-0.05, 0) is 32.0 Å². The Morgan fingerprint density at radius 3 is 2.85 bits per heavy atom. The summed E-state index contributed by atoms with van der Waals surface area (Å²) in [5.74, 6) is -0.00686. The third kappa shape index (κ3) is 3.97. The van der Waals surface area contributed by atoms with E-state index >= 15 is 0 Å². The highest BCUT2D eigenvalue weighted by Gasteiger charge is 2.30. The molecule has 1 aliphatic rings. The lowest BCUT2D eigenvalue weighted by Crippen LogP contribution is -2.34. The summed E-state index contributed by atoms with van der Waals surface area (Å²) in [6.07, 6.45) is 1.39. The summed E-state index contributed by atoms with van der Waals surface area (Å²) in [6, 6.07) is 2.74. The average Bonchev–Trinajstić information content (AvgIpc) is 2.77. The van der Waals surface area contributed by atoms with E-state index in [-0.39, 0.29) is 17.5 Å². The van der Waals surface area contributed by atoms with Crippen LogP contribution in [0, 0.1) is 5.82 Å². The van der Waals surface area contributed by atoms with Gasteiger partial charge in [-0.1, -0.05) is 0 Å². The first-order valence-electron chi connectivity index (χ1n) is 6.57. The fourth-order valence-electron chi connectivity index (χ4n) is 2.36. The van der Waals surface area contributed by atoms with Crippen molar-refractivity contribution >= 4 is 9.84 Å². The molecule has 0 aromatic carbocycles. The lowest BCUT2D eigenvalue weighted by Gasteiger charge is -2.24. The number of nitrogens with zero attached hydrogens (tertiary/aromatic N) is 2. The number of pyridine rings is 1. The van der Waals surface area contributed by atoms with Crippen LogP contribution in [0.5, 0.6) is 0 Å². The summed E-state index contributed by atoms with van der Waals surface area (Å²) in [5, 5.41) is 9.98. The second kappa shape index (κ2) is 6.15. The number of hydrogen-bond acceptors (Lipinski definition) is 5. The van der Waals surface area contributed by atoms with Crippen molar-refractivity contribution < 1.29 is 17.9 Å². The second-order valence-electron chi connectivity index (χ2n) is 5.24. The van der Waals surface area contributed by atoms with Gasteiger partial charge in [0.1, 0.15) is 5.82 Å². The molecule has 0 spiro atoms. The minimum absolute atomic E-state index is 0.0216. The van der Waals surface area contributed by atoms with Crippen molar-refractivity contribution in [3.8, 4) is 0 Å². The third-order valence-corrected chi connectivity index (χ3v) is 5.43. The van der Waals surface area contributed by atoms with Crippen LogP contribution in [0.25, 0.3) is 0 Å². The monoisotopic (exact) mass is 302 g/mol. The number of rotatable bonds is 5. The first-order valence-corrected chi connectivity index (χ1v) is 8.40. The van der Waals surface area contributed by atoms with E-state index in [0.717, 1.165) is 6.20 Å². The maximum atomic E-state index is 12.7. The van der Waals surface area contributed by atoms with Gasteiger partial charge in [0.2, 0.25) is 0 Å². The molecule has 1 aromatic rings. The predicted octanol–water partition coefficient (Wildman–Crippen LogP) is 0.763. The van der Waals surface area contributed by atoms with Crippen LogP contribution in [0.1, 0.15) is 24.6 Å². The molecule has 1 aliphatic heterocycles. The molecule has 20 heavy (non-hydrogen) atoms. The molecule has 7 heteroatoms. The standard InChI is InChI=1S/C13H19FN2O3S/c1-16(11-5-7-20(18,19)9-11)6-4-13(17)12-3-2-10(14)8-15-12/h2-3,8,11,13,17H,4-7,9H2,1H3. The van der Waals surface area contributed by atoms with Gasteiger partial charge in [-0.2, -0.15) is 0 Å². The molecule has 0 bridgehead atoms. The normalized spacial score (nSPS) is 23.1. The van der Waals surface area contributed by atoms with Gasteiger partial charge in [0, 0.05) is 12.6 Å². The van der Waals surface area contributed by atoms with Crippen molar-refractivity contribution in [1.29, 1.82) is 0 Å².